The number of halogens is 1. The zero-order valence-corrected chi connectivity index (χ0v) is 33.3. The number of fused-ring (bicyclic) bond motifs is 5. The van der Waals surface area contributed by atoms with Crippen molar-refractivity contribution in [3.8, 4) is 5.75 Å². The van der Waals surface area contributed by atoms with Crippen molar-refractivity contribution in [3.63, 3.8) is 0 Å². The third kappa shape index (κ3) is 8.69. The largest absolute Gasteiger partial charge is 0.492 e. The van der Waals surface area contributed by atoms with E-state index in [9.17, 15) is 14.7 Å². The van der Waals surface area contributed by atoms with Gasteiger partial charge < -0.3 is 14.7 Å². The van der Waals surface area contributed by atoms with E-state index in [0.717, 1.165) is 91.1 Å². The van der Waals surface area contributed by atoms with E-state index in [1.165, 1.54) is 31.3 Å². The van der Waals surface area contributed by atoms with Crippen LogP contribution in [0.1, 0.15) is 101 Å². The quantitative estimate of drug-likeness (QED) is 0.212. The molecule has 6 heteroatoms. The van der Waals surface area contributed by atoms with Crippen molar-refractivity contribution in [2.24, 2.45) is 35.0 Å². The fraction of sp³-hybridized carbons (Fsp3) is 0.532. The molecule has 3 saturated carbocycles. The maximum atomic E-state index is 12.1. The summed E-state index contributed by atoms with van der Waals surface area (Å²) in [5, 5.41) is 12.6. The average molecular weight is 738 g/mol. The highest BCUT2D eigenvalue weighted by atomic mass is 35.5. The second-order valence-electron chi connectivity index (χ2n) is 16.5. The Labute approximate surface area is 323 Å². The highest BCUT2D eigenvalue weighted by Crippen LogP contribution is 2.63. The molecule has 0 heterocycles. The van der Waals surface area contributed by atoms with Crippen LogP contribution in [0.3, 0.4) is 0 Å². The standard InChI is InChI=1S/C27H32ClNO2.C20H28O2/c1-4-29(5-2)18-19-31-26-16-12-24(13-17-26)27(30,23-10-6-21(3)7-11-23)20-22-8-14-25(28)15-9-22;1-12(21)18-7-8-19-17-5-3-13-11-14(22)4-6-15(13)16(17)9-10-20(18,19)2/h6-17,30H,4-5,18-20H2,1-3H3;11,15-19H,3-10H2,1-2H3/t;15-,16+,17+,18+,19-,20+/m.0/s1. The highest BCUT2D eigenvalue weighted by molar-refractivity contribution is 6.30. The van der Waals surface area contributed by atoms with Gasteiger partial charge in [-0.25, -0.2) is 0 Å². The summed E-state index contributed by atoms with van der Waals surface area (Å²) in [6.07, 6.45) is 11.5. The van der Waals surface area contributed by atoms with Gasteiger partial charge in [0.05, 0.1) is 0 Å². The minimum Gasteiger partial charge on any atom is -0.492 e. The van der Waals surface area contributed by atoms with Crippen LogP contribution in [0.4, 0.5) is 0 Å². The molecule has 53 heavy (non-hydrogen) atoms. The van der Waals surface area contributed by atoms with Crippen LogP contribution < -0.4 is 4.74 Å². The number of allylic oxidation sites excluding steroid dienone is 1. The summed E-state index contributed by atoms with van der Waals surface area (Å²) in [5.41, 5.74) is 4.45. The Morgan fingerprint density at radius 3 is 2.19 bits per heavy atom. The zero-order valence-electron chi connectivity index (χ0n) is 32.6. The lowest BCUT2D eigenvalue weighted by atomic mass is 9.51. The highest BCUT2D eigenvalue weighted by Gasteiger charge is 2.57. The normalized spacial score (nSPS) is 27.4. The molecule has 0 spiro atoms. The monoisotopic (exact) mass is 737 g/mol. The van der Waals surface area contributed by atoms with Crippen molar-refractivity contribution in [1.29, 1.82) is 0 Å². The molecule has 4 aliphatic carbocycles. The second-order valence-corrected chi connectivity index (χ2v) is 17.0. The number of hydrogen-bond donors (Lipinski definition) is 1. The van der Waals surface area contributed by atoms with E-state index in [-0.39, 0.29) is 5.41 Å². The minimum absolute atomic E-state index is 0.263. The number of likely N-dealkylation sites (N-methyl/N-ethyl adjacent to an activating group) is 1. The van der Waals surface area contributed by atoms with E-state index >= 15 is 0 Å². The van der Waals surface area contributed by atoms with Crippen molar-refractivity contribution in [3.05, 3.63) is 112 Å². The Bertz CT molecular complexity index is 1730. The number of aryl methyl sites for hydroxylation is 1. The first-order valence-electron chi connectivity index (χ1n) is 20.2. The van der Waals surface area contributed by atoms with Gasteiger partial charge in [0.2, 0.25) is 0 Å². The number of hydrogen-bond acceptors (Lipinski definition) is 5. The summed E-state index contributed by atoms with van der Waals surface area (Å²) in [6.45, 7) is 14.2. The Kier molecular flexibility index (Phi) is 12.7. The van der Waals surface area contributed by atoms with Gasteiger partial charge in [-0.2, -0.15) is 0 Å². The third-order valence-electron chi connectivity index (χ3n) is 13.6. The summed E-state index contributed by atoms with van der Waals surface area (Å²) in [4.78, 5) is 26.1. The first kappa shape index (κ1) is 39.4. The van der Waals surface area contributed by atoms with Crippen molar-refractivity contribution < 1.29 is 19.4 Å². The molecular weight excluding hydrogens is 678 g/mol. The van der Waals surface area contributed by atoms with E-state index in [0.29, 0.717) is 41.5 Å². The van der Waals surface area contributed by atoms with Gasteiger partial charge in [-0.15, -0.1) is 0 Å². The maximum absolute atomic E-state index is 12.1. The molecular formula is C47H60ClNO4. The summed E-state index contributed by atoms with van der Waals surface area (Å²) in [7, 11) is 0. The van der Waals surface area contributed by atoms with Gasteiger partial charge in [0.15, 0.2) is 5.78 Å². The predicted molar refractivity (Wildman–Crippen MR) is 215 cm³/mol. The molecule has 0 saturated heterocycles. The number of ketones is 2. The van der Waals surface area contributed by atoms with Crippen LogP contribution >= 0.6 is 11.6 Å². The minimum atomic E-state index is -1.15. The Hall–Kier alpha value is -3.25. The predicted octanol–water partition coefficient (Wildman–Crippen LogP) is 10.2. The number of benzene rings is 3. The first-order valence-corrected chi connectivity index (χ1v) is 20.6. The molecule has 7 rings (SSSR count). The molecule has 0 amide bonds. The molecule has 0 aromatic heterocycles. The molecule has 0 aliphatic heterocycles. The molecule has 5 nitrogen and oxygen atoms in total. The van der Waals surface area contributed by atoms with Crippen LogP contribution in [0.5, 0.6) is 5.75 Å². The van der Waals surface area contributed by atoms with Crippen LogP contribution in [0.25, 0.3) is 0 Å². The topological polar surface area (TPSA) is 66.8 Å². The molecule has 4 aliphatic rings. The fourth-order valence-corrected chi connectivity index (χ4v) is 10.7. The van der Waals surface area contributed by atoms with Crippen LogP contribution in [-0.4, -0.2) is 47.8 Å². The van der Waals surface area contributed by atoms with Crippen LogP contribution in [0, 0.1) is 41.9 Å². The third-order valence-corrected chi connectivity index (χ3v) is 13.8. The number of Topliss-reactive ketones (excluding diaryl/α,β-unsaturated/α-hetero) is 1. The Morgan fingerprint density at radius 2 is 1.55 bits per heavy atom. The number of nitrogens with zero attached hydrogens (tertiary/aromatic N) is 1. The second kappa shape index (κ2) is 17.0. The number of carbonyl (C=O) groups is 2. The number of ether oxygens (including phenoxy) is 1. The van der Waals surface area contributed by atoms with Crippen molar-refractivity contribution in [2.75, 3.05) is 26.2 Å². The van der Waals surface area contributed by atoms with Crippen LogP contribution in [0.15, 0.2) is 84.4 Å². The van der Waals surface area contributed by atoms with Crippen molar-refractivity contribution in [2.45, 2.75) is 98.0 Å². The molecule has 284 valence electrons. The van der Waals surface area contributed by atoms with Gasteiger partial charge in [0, 0.05) is 30.3 Å². The average Bonchev–Trinajstić information content (AvgIpc) is 3.52. The van der Waals surface area contributed by atoms with Gasteiger partial charge in [0.25, 0.3) is 0 Å². The lowest BCUT2D eigenvalue weighted by molar-refractivity contribution is -0.127. The number of rotatable bonds is 11. The summed E-state index contributed by atoms with van der Waals surface area (Å²) >= 11 is 6.05. The van der Waals surface area contributed by atoms with Gasteiger partial charge in [-0.05, 0) is 148 Å². The fourth-order valence-electron chi connectivity index (χ4n) is 10.6. The van der Waals surface area contributed by atoms with Gasteiger partial charge >= 0.3 is 0 Å². The van der Waals surface area contributed by atoms with Crippen LogP contribution in [0.2, 0.25) is 5.02 Å². The lowest BCUT2D eigenvalue weighted by Gasteiger charge is -2.53. The molecule has 3 aromatic carbocycles. The molecule has 3 aromatic rings. The van der Waals surface area contributed by atoms with Gasteiger partial charge in [-0.1, -0.05) is 92.0 Å². The summed E-state index contributed by atoms with van der Waals surface area (Å²) < 4.78 is 5.92. The Morgan fingerprint density at radius 1 is 0.887 bits per heavy atom. The number of aliphatic hydroxyl groups is 1. The SMILES string of the molecule is CC(=O)[C@H]1CC[C@H]2[C@@H]3CCC4=CC(=O)CC[C@@H]4[C@H]3CC[C@]12C.CCN(CC)CCOc1ccc(C(O)(Cc2ccc(Cl)cc2)c2ccc(C)cc2)cc1. The summed E-state index contributed by atoms with van der Waals surface area (Å²) in [6, 6.07) is 23.5. The first-order chi connectivity index (χ1) is 25.4. The smallest absolute Gasteiger partial charge is 0.155 e. The lowest BCUT2D eigenvalue weighted by Crippen LogP contribution is -2.47. The molecule has 0 bridgehead atoms. The molecule has 1 unspecified atom stereocenters. The van der Waals surface area contributed by atoms with E-state index in [2.05, 4.69) is 25.7 Å². The number of carbonyl (C=O) groups excluding carboxylic acids is 2. The van der Waals surface area contributed by atoms with Crippen molar-refractivity contribution in [1.82, 2.24) is 4.90 Å². The summed E-state index contributed by atoms with van der Waals surface area (Å²) in [5.74, 6) is 4.91. The van der Waals surface area contributed by atoms with Crippen LogP contribution in [-0.2, 0) is 21.6 Å². The van der Waals surface area contributed by atoms with Gasteiger partial charge in [-0.3, -0.25) is 9.59 Å². The zero-order chi connectivity index (χ0) is 37.8. The molecule has 0 radical (unpaired) electrons. The van der Waals surface area contributed by atoms with E-state index in [1.807, 2.05) is 85.8 Å². The molecule has 7 atom stereocenters. The van der Waals surface area contributed by atoms with E-state index in [1.54, 1.807) is 6.92 Å². The molecule has 1 N–H and O–H groups in total. The van der Waals surface area contributed by atoms with E-state index < -0.39 is 5.60 Å². The maximum Gasteiger partial charge on any atom is 0.155 e. The van der Waals surface area contributed by atoms with E-state index in [4.69, 9.17) is 16.3 Å². The van der Waals surface area contributed by atoms with Gasteiger partial charge in [0.1, 0.15) is 23.7 Å². The Balaban J connectivity index is 0.000000191. The van der Waals surface area contributed by atoms with Crippen molar-refractivity contribution >= 4 is 23.2 Å². The molecule has 3 fully saturated rings.